The molecule has 1 heterocycles. The van der Waals surface area contributed by atoms with Crippen LogP contribution in [-0.2, 0) is 11.4 Å². The van der Waals surface area contributed by atoms with Crippen molar-refractivity contribution in [2.75, 3.05) is 16.9 Å². The van der Waals surface area contributed by atoms with Crippen LogP contribution in [0.3, 0.4) is 0 Å². The first-order valence-corrected chi connectivity index (χ1v) is 9.90. The summed E-state index contributed by atoms with van der Waals surface area (Å²) in [5, 5.41) is 11.0. The Balaban J connectivity index is 1.55. The van der Waals surface area contributed by atoms with Crippen LogP contribution in [0, 0.1) is 26.6 Å². The number of nitrogen functional groups attached to an aromatic ring is 1. The van der Waals surface area contributed by atoms with Crippen molar-refractivity contribution in [3.05, 3.63) is 64.7 Å². The van der Waals surface area contributed by atoms with E-state index in [1.165, 1.54) is 10.7 Å². The fourth-order valence-corrected chi connectivity index (χ4v) is 3.28. The van der Waals surface area contributed by atoms with Crippen molar-refractivity contribution in [2.24, 2.45) is 0 Å². The Morgan fingerprint density at radius 3 is 2.69 bits per heavy atom. The number of nitrogens with one attached hydrogen (secondary N) is 1. The average molecular weight is 415 g/mol. The van der Waals surface area contributed by atoms with Gasteiger partial charge in [0.15, 0.2) is 5.82 Å². The van der Waals surface area contributed by atoms with E-state index in [1.54, 1.807) is 19.1 Å². The van der Waals surface area contributed by atoms with Crippen LogP contribution in [0.4, 0.5) is 10.1 Å². The summed E-state index contributed by atoms with van der Waals surface area (Å²) < 4.78 is 20.6. The van der Waals surface area contributed by atoms with Gasteiger partial charge in [-0.05, 0) is 50.1 Å². The smallest absolute Gasteiger partial charge is 0.234 e. The summed E-state index contributed by atoms with van der Waals surface area (Å²) in [6.45, 7) is 5.80. The van der Waals surface area contributed by atoms with Crippen molar-refractivity contribution in [3.63, 3.8) is 0 Å². The normalized spacial score (nSPS) is 10.8. The number of thioether (sulfide) groups is 1. The van der Waals surface area contributed by atoms with Crippen LogP contribution in [0.2, 0.25) is 0 Å². The maximum Gasteiger partial charge on any atom is 0.234 e. The Morgan fingerprint density at radius 2 is 1.97 bits per heavy atom. The molecule has 0 aliphatic carbocycles. The van der Waals surface area contributed by atoms with Gasteiger partial charge in [-0.2, -0.15) is 0 Å². The maximum absolute atomic E-state index is 13.6. The molecule has 1 aromatic heterocycles. The number of hydrogen-bond donors (Lipinski definition) is 2. The summed E-state index contributed by atoms with van der Waals surface area (Å²) in [7, 11) is 0. The van der Waals surface area contributed by atoms with E-state index >= 15 is 0 Å². The highest BCUT2D eigenvalue weighted by molar-refractivity contribution is 7.99. The molecule has 0 saturated carbocycles. The number of hydrogen-bond acceptors (Lipinski definition) is 6. The fraction of sp³-hybridized carbons (Fsp3) is 0.250. The van der Waals surface area contributed by atoms with Gasteiger partial charge in [0.25, 0.3) is 0 Å². The zero-order valence-electron chi connectivity index (χ0n) is 16.4. The third kappa shape index (κ3) is 5.26. The van der Waals surface area contributed by atoms with Crippen molar-refractivity contribution in [3.8, 4) is 5.75 Å². The van der Waals surface area contributed by atoms with Gasteiger partial charge < -0.3 is 15.9 Å². The lowest BCUT2D eigenvalue weighted by Crippen LogP contribution is -2.18. The lowest BCUT2D eigenvalue weighted by atomic mass is 10.1. The molecule has 0 unspecified atom stereocenters. The molecular weight excluding hydrogens is 393 g/mol. The van der Waals surface area contributed by atoms with Crippen molar-refractivity contribution in [2.45, 2.75) is 32.5 Å². The summed E-state index contributed by atoms with van der Waals surface area (Å²) >= 11 is 1.13. The molecular formula is C20H22FN5O2S. The van der Waals surface area contributed by atoms with E-state index in [9.17, 15) is 9.18 Å². The molecule has 0 saturated heterocycles. The van der Waals surface area contributed by atoms with Gasteiger partial charge in [0.1, 0.15) is 18.2 Å². The van der Waals surface area contributed by atoms with Crippen LogP contribution in [0.15, 0.2) is 41.6 Å². The van der Waals surface area contributed by atoms with E-state index < -0.39 is 0 Å². The molecule has 9 heteroatoms. The molecule has 0 aliphatic rings. The number of rotatable bonds is 7. The summed E-state index contributed by atoms with van der Waals surface area (Å²) in [6, 6.07) is 10.4. The molecule has 29 heavy (non-hydrogen) atoms. The minimum absolute atomic E-state index is 0.0583. The minimum Gasteiger partial charge on any atom is -0.485 e. The highest BCUT2D eigenvalue weighted by Crippen LogP contribution is 2.21. The second-order valence-corrected chi connectivity index (χ2v) is 7.57. The predicted octanol–water partition coefficient (Wildman–Crippen LogP) is 3.37. The van der Waals surface area contributed by atoms with Crippen LogP contribution >= 0.6 is 11.8 Å². The van der Waals surface area contributed by atoms with Gasteiger partial charge in [-0.15, -0.1) is 10.2 Å². The Kier molecular flexibility index (Phi) is 6.38. The first-order chi connectivity index (χ1) is 13.8. The van der Waals surface area contributed by atoms with Gasteiger partial charge in [0.2, 0.25) is 11.1 Å². The highest BCUT2D eigenvalue weighted by Gasteiger charge is 2.14. The molecule has 0 fully saturated rings. The minimum atomic E-state index is -0.370. The van der Waals surface area contributed by atoms with E-state index in [0.717, 1.165) is 28.6 Å². The summed E-state index contributed by atoms with van der Waals surface area (Å²) in [5.41, 5.74) is 3.09. The maximum atomic E-state index is 13.6. The molecule has 3 aromatic rings. The number of aromatic nitrogens is 3. The van der Waals surface area contributed by atoms with Crippen molar-refractivity contribution in [1.82, 2.24) is 14.9 Å². The highest BCUT2D eigenvalue weighted by atomic mass is 32.2. The number of carbonyl (C=O) groups excluding carboxylic acids is 1. The first-order valence-electron chi connectivity index (χ1n) is 8.91. The van der Waals surface area contributed by atoms with E-state index in [0.29, 0.717) is 22.2 Å². The quantitative estimate of drug-likeness (QED) is 0.454. The number of nitrogens with two attached hydrogens (primary N) is 1. The standard InChI is InChI=1S/C20H22FN5O2S/c1-12-4-7-17(14(3)8-12)28-10-18-24-25-20(26(18)22)29-11-19(27)23-15-6-5-13(2)16(21)9-15/h4-9H,10-11,22H2,1-3H3,(H,23,27). The second-order valence-electron chi connectivity index (χ2n) is 6.63. The van der Waals surface area contributed by atoms with Gasteiger partial charge in [-0.3, -0.25) is 4.79 Å². The SMILES string of the molecule is Cc1ccc(OCc2nnc(SCC(=O)Nc3ccc(C)c(F)c3)n2N)c(C)c1. The number of aryl methyl sites for hydroxylation is 3. The Hall–Kier alpha value is -3.07. The topological polar surface area (TPSA) is 95.1 Å². The average Bonchev–Trinajstić information content (AvgIpc) is 3.02. The molecule has 152 valence electrons. The van der Waals surface area contributed by atoms with Crippen molar-refractivity contribution in [1.29, 1.82) is 0 Å². The molecule has 3 rings (SSSR count). The number of ether oxygens (including phenoxy) is 1. The molecule has 3 N–H and O–H groups in total. The Labute approximate surface area is 172 Å². The van der Waals surface area contributed by atoms with Crippen LogP contribution in [0.1, 0.15) is 22.5 Å². The van der Waals surface area contributed by atoms with Gasteiger partial charge in [-0.25, -0.2) is 9.07 Å². The summed E-state index contributed by atoms with van der Waals surface area (Å²) in [4.78, 5) is 12.1. The molecule has 0 atom stereocenters. The number of nitrogens with zero attached hydrogens (tertiary/aromatic N) is 3. The second kappa shape index (κ2) is 8.95. The van der Waals surface area contributed by atoms with Crippen LogP contribution in [0.25, 0.3) is 0 Å². The fourth-order valence-electron chi connectivity index (χ4n) is 2.61. The van der Waals surface area contributed by atoms with E-state index in [4.69, 9.17) is 10.6 Å². The van der Waals surface area contributed by atoms with Crippen molar-refractivity contribution >= 4 is 23.4 Å². The molecule has 0 spiro atoms. The van der Waals surface area contributed by atoms with Crippen LogP contribution in [-0.4, -0.2) is 26.5 Å². The monoisotopic (exact) mass is 415 g/mol. The zero-order chi connectivity index (χ0) is 21.0. The number of amides is 1. The number of halogens is 1. The number of anilines is 1. The van der Waals surface area contributed by atoms with E-state index in [1.807, 2.05) is 32.0 Å². The first kappa shape index (κ1) is 20.7. The molecule has 7 nitrogen and oxygen atoms in total. The van der Waals surface area contributed by atoms with Crippen LogP contribution in [0.5, 0.6) is 5.75 Å². The summed E-state index contributed by atoms with van der Waals surface area (Å²) in [5.74, 6) is 6.59. The Morgan fingerprint density at radius 1 is 1.17 bits per heavy atom. The molecule has 0 aliphatic heterocycles. The lowest BCUT2D eigenvalue weighted by Gasteiger charge is -2.09. The molecule has 2 aromatic carbocycles. The molecule has 0 bridgehead atoms. The zero-order valence-corrected chi connectivity index (χ0v) is 17.2. The molecule has 0 radical (unpaired) electrons. The molecule has 1 amide bonds. The van der Waals surface area contributed by atoms with Gasteiger partial charge in [0, 0.05) is 5.69 Å². The van der Waals surface area contributed by atoms with Gasteiger partial charge in [0.05, 0.1) is 5.75 Å². The predicted molar refractivity (Wildman–Crippen MR) is 111 cm³/mol. The number of benzene rings is 2. The van der Waals surface area contributed by atoms with Gasteiger partial charge in [-0.1, -0.05) is 35.5 Å². The number of carbonyl (C=O) groups is 1. The summed E-state index contributed by atoms with van der Waals surface area (Å²) in [6.07, 6.45) is 0. The van der Waals surface area contributed by atoms with Gasteiger partial charge >= 0.3 is 0 Å². The van der Waals surface area contributed by atoms with Crippen LogP contribution < -0.4 is 15.9 Å². The van der Waals surface area contributed by atoms with E-state index in [-0.39, 0.29) is 24.1 Å². The largest absolute Gasteiger partial charge is 0.485 e. The van der Waals surface area contributed by atoms with Crippen molar-refractivity contribution < 1.29 is 13.9 Å². The Bertz CT molecular complexity index is 1040. The third-order valence-corrected chi connectivity index (χ3v) is 5.15. The third-order valence-electron chi connectivity index (χ3n) is 4.21. The van der Waals surface area contributed by atoms with E-state index in [2.05, 4.69) is 15.5 Å². The lowest BCUT2D eigenvalue weighted by molar-refractivity contribution is -0.113.